The summed E-state index contributed by atoms with van der Waals surface area (Å²) >= 11 is 0. The fraction of sp³-hybridized carbons (Fsp3) is 0.571. The fourth-order valence-electron chi connectivity index (χ4n) is 2.38. The number of halogens is 2. The summed E-state index contributed by atoms with van der Waals surface area (Å²) in [6, 6.07) is 2.48. The van der Waals surface area contributed by atoms with Crippen LogP contribution in [0.3, 0.4) is 0 Å². The Balaban J connectivity index is 0.000000606. The molecule has 16 heavy (non-hydrogen) atoms. The lowest BCUT2D eigenvalue weighted by atomic mass is 9.90. The van der Waals surface area contributed by atoms with E-state index in [4.69, 9.17) is 0 Å². The van der Waals surface area contributed by atoms with Crippen LogP contribution in [0.1, 0.15) is 51.2 Å². The Labute approximate surface area is 96.7 Å². The van der Waals surface area contributed by atoms with Gasteiger partial charge in [-0.05, 0) is 47.9 Å². The first-order valence-corrected chi connectivity index (χ1v) is 6.08. The SMILES string of the molecule is CC.CC(C)C1CCc2c(F)ccc(F)c21. The van der Waals surface area contributed by atoms with Crippen molar-refractivity contribution < 1.29 is 8.78 Å². The molecule has 0 aliphatic heterocycles. The quantitative estimate of drug-likeness (QED) is 0.652. The van der Waals surface area contributed by atoms with Crippen molar-refractivity contribution >= 4 is 0 Å². The van der Waals surface area contributed by atoms with Crippen molar-refractivity contribution in [3.8, 4) is 0 Å². The van der Waals surface area contributed by atoms with Crippen LogP contribution in [0.2, 0.25) is 0 Å². The number of hydrogen-bond acceptors (Lipinski definition) is 0. The second kappa shape index (κ2) is 5.42. The molecule has 0 saturated heterocycles. The van der Waals surface area contributed by atoms with Gasteiger partial charge in [-0.3, -0.25) is 0 Å². The summed E-state index contributed by atoms with van der Waals surface area (Å²) in [5, 5.41) is 0. The predicted octanol–water partition coefficient (Wildman–Crippen LogP) is 4.68. The molecule has 0 heterocycles. The first-order valence-electron chi connectivity index (χ1n) is 6.08. The average Bonchev–Trinajstić information content (AvgIpc) is 2.72. The molecule has 0 saturated carbocycles. The zero-order chi connectivity index (χ0) is 12.3. The van der Waals surface area contributed by atoms with Gasteiger partial charge in [0.25, 0.3) is 0 Å². The maximum atomic E-state index is 13.5. The predicted molar refractivity (Wildman–Crippen MR) is 63.6 cm³/mol. The summed E-state index contributed by atoms with van der Waals surface area (Å²) in [5.74, 6) is 0.0930. The maximum Gasteiger partial charge on any atom is 0.127 e. The molecular weight excluding hydrogens is 206 g/mol. The molecule has 0 aromatic heterocycles. The van der Waals surface area contributed by atoms with E-state index in [1.54, 1.807) is 0 Å². The second-order valence-electron chi connectivity index (χ2n) is 4.31. The Morgan fingerprint density at radius 1 is 1.12 bits per heavy atom. The van der Waals surface area contributed by atoms with E-state index in [0.717, 1.165) is 6.42 Å². The topological polar surface area (TPSA) is 0 Å². The van der Waals surface area contributed by atoms with Gasteiger partial charge in [0.05, 0.1) is 0 Å². The summed E-state index contributed by atoms with van der Waals surface area (Å²) in [5.41, 5.74) is 1.23. The van der Waals surface area contributed by atoms with E-state index in [-0.39, 0.29) is 17.6 Å². The Hall–Kier alpha value is -0.920. The zero-order valence-electron chi connectivity index (χ0n) is 10.5. The third-order valence-corrected chi connectivity index (χ3v) is 3.13. The van der Waals surface area contributed by atoms with Gasteiger partial charge in [0, 0.05) is 0 Å². The Kier molecular flexibility index (Phi) is 4.45. The molecule has 0 fully saturated rings. The Morgan fingerprint density at radius 3 is 2.25 bits per heavy atom. The van der Waals surface area contributed by atoms with E-state index in [1.807, 2.05) is 13.8 Å². The van der Waals surface area contributed by atoms with E-state index in [0.29, 0.717) is 23.5 Å². The molecule has 0 N–H and O–H groups in total. The zero-order valence-corrected chi connectivity index (χ0v) is 10.5. The van der Waals surface area contributed by atoms with Crippen molar-refractivity contribution in [2.24, 2.45) is 5.92 Å². The van der Waals surface area contributed by atoms with Crippen molar-refractivity contribution in [1.82, 2.24) is 0 Å². The first kappa shape index (κ1) is 13.1. The molecule has 1 aliphatic carbocycles. The number of fused-ring (bicyclic) bond motifs is 1. The molecule has 1 aliphatic rings. The highest BCUT2D eigenvalue weighted by atomic mass is 19.1. The molecule has 2 heteroatoms. The highest BCUT2D eigenvalue weighted by Crippen LogP contribution is 2.40. The standard InChI is InChI=1S/C12H14F2.C2H6/c1-7(2)8-3-4-9-10(13)5-6-11(14)12(8)9;1-2/h5-8H,3-4H2,1-2H3;1-2H3. The van der Waals surface area contributed by atoms with Crippen LogP contribution in [-0.4, -0.2) is 0 Å². The molecule has 0 bridgehead atoms. The number of rotatable bonds is 1. The van der Waals surface area contributed by atoms with Crippen molar-refractivity contribution in [2.75, 3.05) is 0 Å². The van der Waals surface area contributed by atoms with Crippen LogP contribution >= 0.6 is 0 Å². The van der Waals surface area contributed by atoms with E-state index in [1.165, 1.54) is 12.1 Å². The number of hydrogen-bond donors (Lipinski definition) is 0. The lowest BCUT2D eigenvalue weighted by molar-refractivity contribution is 0.474. The molecular formula is C14H20F2. The molecule has 90 valence electrons. The van der Waals surface area contributed by atoms with Crippen LogP contribution in [0.25, 0.3) is 0 Å². The third-order valence-electron chi connectivity index (χ3n) is 3.13. The van der Waals surface area contributed by atoms with Gasteiger partial charge in [0.1, 0.15) is 11.6 Å². The molecule has 0 radical (unpaired) electrons. The third kappa shape index (κ3) is 2.26. The second-order valence-corrected chi connectivity index (χ2v) is 4.31. The van der Waals surface area contributed by atoms with Crippen molar-refractivity contribution in [1.29, 1.82) is 0 Å². The van der Waals surface area contributed by atoms with Gasteiger partial charge in [0.2, 0.25) is 0 Å². The number of benzene rings is 1. The summed E-state index contributed by atoms with van der Waals surface area (Å²) in [6.07, 6.45) is 1.56. The molecule has 2 rings (SSSR count). The van der Waals surface area contributed by atoms with Gasteiger partial charge in [-0.2, -0.15) is 0 Å². The van der Waals surface area contributed by atoms with E-state index in [2.05, 4.69) is 13.8 Å². The minimum Gasteiger partial charge on any atom is -0.207 e. The van der Waals surface area contributed by atoms with Crippen molar-refractivity contribution in [3.63, 3.8) is 0 Å². The van der Waals surface area contributed by atoms with Crippen LogP contribution in [0.4, 0.5) is 8.78 Å². The largest absolute Gasteiger partial charge is 0.207 e. The van der Waals surface area contributed by atoms with E-state index >= 15 is 0 Å². The first-order chi connectivity index (χ1) is 7.61. The molecule has 0 spiro atoms. The summed E-state index contributed by atoms with van der Waals surface area (Å²) < 4.78 is 26.9. The van der Waals surface area contributed by atoms with Gasteiger partial charge in [0.15, 0.2) is 0 Å². The van der Waals surface area contributed by atoms with E-state index < -0.39 is 0 Å². The summed E-state index contributed by atoms with van der Waals surface area (Å²) in [4.78, 5) is 0. The van der Waals surface area contributed by atoms with Crippen LogP contribution in [0, 0.1) is 17.6 Å². The smallest absolute Gasteiger partial charge is 0.127 e. The molecule has 1 atom stereocenters. The van der Waals surface area contributed by atoms with Gasteiger partial charge >= 0.3 is 0 Å². The highest BCUT2D eigenvalue weighted by molar-refractivity contribution is 5.37. The lowest BCUT2D eigenvalue weighted by Gasteiger charge is -2.16. The molecule has 0 amide bonds. The monoisotopic (exact) mass is 226 g/mol. The van der Waals surface area contributed by atoms with Crippen LogP contribution in [0.5, 0.6) is 0 Å². The molecule has 1 aromatic carbocycles. The lowest BCUT2D eigenvalue weighted by Crippen LogP contribution is -2.05. The fourth-order valence-corrected chi connectivity index (χ4v) is 2.38. The van der Waals surface area contributed by atoms with Gasteiger partial charge in [-0.25, -0.2) is 8.78 Å². The minimum absolute atomic E-state index is 0.195. The van der Waals surface area contributed by atoms with Crippen LogP contribution in [0.15, 0.2) is 12.1 Å². The minimum atomic E-state index is -0.246. The molecule has 1 unspecified atom stereocenters. The molecule has 0 nitrogen and oxygen atoms in total. The van der Waals surface area contributed by atoms with Crippen LogP contribution in [-0.2, 0) is 6.42 Å². The Morgan fingerprint density at radius 2 is 1.69 bits per heavy atom. The normalized spacial score (nSPS) is 18.1. The average molecular weight is 226 g/mol. The summed E-state index contributed by atoms with van der Waals surface area (Å²) in [6.45, 7) is 8.12. The van der Waals surface area contributed by atoms with Crippen molar-refractivity contribution in [3.05, 3.63) is 34.9 Å². The maximum absolute atomic E-state index is 13.5. The Bertz CT molecular complexity index is 356. The molecule has 1 aromatic rings. The van der Waals surface area contributed by atoms with Gasteiger partial charge in [-0.15, -0.1) is 0 Å². The van der Waals surface area contributed by atoms with Crippen LogP contribution < -0.4 is 0 Å². The van der Waals surface area contributed by atoms with Gasteiger partial charge < -0.3 is 0 Å². The van der Waals surface area contributed by atoms with E-state index in [9.17, 15) is 8.78 Å². The van der Waals surface area contributed by atoms with Gasteiger partial charge in [-0.1, -0.05) is 27.7 Å². The summed E-state index contributed by atoms with van der Waals surface area (Å²) in [7, 11) is 0. The highest BCUT2D eigenvalue weighted by Gasteiger charge is 2.30. The van der Waals surface area contributed by atoms with Crippen molar-refractivity contribution in [2.45, 2.75) is 46.5 Å².